The molecule has 0 bridgehead atoms. The van der Waals surface area contributed by atoms with Gasteiger partial charge in [0.1, 0.15) is 0 Å². The zero-order valence-corrected chi connectivity index (χ0v) is 15.8. The van der Waals surface area contributed by atoms with Crippen LogP contribution in [-0.2, 0) is 26.9 Å². The number of rotatable bonds is 6. The third kappa shape index (κ3) is 6.00. The van der Waals surface area contributed by atoms with Crippen LogP contribution in [0.15, 0.2) is 42.5 Å². The molecule has 0 aromatic heterocycles. The van der Waals surface area contributed by atoms with Gasteiger partial charge in [0.25, 0.3) is 5.91 Å². The molecule has 6 nitrogen and oxygen atoms in total. The Kier molecular flexibility index (Phi) is 6.15. The quantitative estimate of drug-likeness (QED) is 0.812. The SMILES string of the molecule is CC(=O)Nc1cc(C(=O)NCc2ccc(CS(C)(=O)=O)cc2)ccc1C. The number of sulfone groups is 1. The first kappa shape index (κ1) is 19.7. The first-order valence-corrected chi connectivity index (χ1v) is 10.1. The van der Waals surface area contributed by atoms with Crippen molar-refractivity contribution < 1.29 is 18.0 Å². The van der Waals surface area contributed by atoms with E-state index in [1.807, 2.05) is 6.92 Å². The molecule has 2 aromatic rings. The number of hydrogen-bond acceptors (Lipinski definition) is 4. The molecule has 0 aliphatic carbocycles. The number of carbonyl (C=O) groups is 2. The Morgan fingerprint density at radius 1 is 1.00 bits per heavy atom. The molecular weight excluding hydrogens is 352 g/mol. The second-order valence-corrected chi connectivity index (χ2v) is 8.42. The number of anilines is 1. The predicted molar refractivity (Wildman–Crippen MR) is 102 cm³/mol. The molecule has 0 saturated carbocycles. The van der Waals surface area contributed by atoms with Crippen LogP contribution in [0.5, 0.6) is 0 Å². The highest BCUT2D eigenvalue weighted by Crippen LogP contribution is 2.17. The summed E-state index contributed by atoms with van der Waals surface area (Å²) < 4.78 is 22.6. The van der Waals surface area contributed by atoms with Gasteiger partial charge >= 0.3 is 0 Å². The van der Waals surface area contributed by atoms with Gasteiger partial charge in [-0.1, -0.05) is 30.3 Å². The van der Waals surface area contributed by atoms with Crippen LogP contribution in [0, 0.1) is 6.92 Å². The van der Waals surface area contributed by atoms with E-state index in [0.717, 1.165) is 11.1 Å². The first-order valence-electron chi connectivity index (χ1n) is 8.06. The van der Waals surface area contributed by atoms with Crippen molar-refractivity contribution in [3.63, 3.8) is 0 Å². The number of amides is 2. The molecule has 0 saturated heterocycles. The maximum absolute atomic E-state index is 12.3. The summed E-state index contributed by atoms with van der Waals surface area (Å²) in [6, 6.07) is 12.2. The second kappa shape index (κ2) is 8.14. The Labute approximate surface area is 153 Å². The topological polar surface area (TPSA) is 92.3 Å². The Hall–Kier alpha value is -2.67. The van der Waals surface area contributed by atoms with Crippen molar-refractivity contribution >= 4 is 27.3 Å². The Balaban J connectivity index is 2.01. The fourth-order valence-electron chi connectivity index (χ4n) is 2.43. The fourth-order valence-corrected chi connectivity index (χ4v) is 3.23. The van der Waals surface area contributed by atoms with Crippen molar-refractivity contribution in [2.45, 2.75) is 26.1 Å². The summed E-state index contributed by atoms with van der Waals surface area (Å²) in [6.07, 6.45) is 1.19. The lowest BCUT2D eigenvalue weighted by molar-refractivity contribution is -0.114. The molecule has 7 heteroatoms. The summed E-state index contributed by atoms with van der Waals surface area (Å²) in [5.74, 6) is -0.453. The lowest BCUT2D eigenvalue weighted by atomic mass is 10.1. The molecule has 0 spiro atoms. The number of aryl methyl sites for hydroxylation is 1. The zero-order valence-electron chi connectivity index (χ0n) is 15.0. The van der Waals surface area contributed by atoms with Gasteiger partial charge in [0.15, 0.2) is 9.84 Å². The van der Waals surface area contributed by atoms with Crippen LogP contribution in [0.4, 0.5) is 5.69 Å². The van der Waals surface area contributed by atoms with Gasteiger partial charge in [0.05, 0.1) is 5.75 Å². The highest BCUT2D eigenvalue weighted by molar-refractivity contribution is 7.89. The monoisotopic (exact) mass is 374 g/mol. The van der Waals surface area contributed by atoms with E-state index in [2.05, 4.69) is 10.6 Å². The molecule has 2 rings (SSSR count). The van der Waals surface area contributed by atoms with Gasteiger partial charge in [-0.2, -0.15) is 0 Å². The lowest BCUT2D eigenvalue weighted by Crippen LogP contribution is -2.23. The van der Waals surface area contributed by atoms with E-state index in [1.54, 1.807) is 42.5 Å². The molecule has 26 heavy (non-hydrogen) atoms. The van der Waals surface area contributed by atoms with Crippen molar-refractivity contribution in [2.24, 2.45) is 0 Å². The van der Waals surface area contributed by atoms with Crippen LogP contribution in [-0.4, -0.2) is 26.5 Å². The molecule has 138 valence electrons. The highest BCUT2D eigenvalue weighted by Gasteiger charge is 2.09. The Morgan fingerprint density at radius 2 is 1.62 bits per heavy atom. The average molecular weight is 374 g/mol. The maximum Gasteiger partial charge on any atom is 0.251 e. The van der Waals surface area contributed by atoms with E-state index >= 15 is 0 Å². The third-order valence-corrected chi connectivity index (χ3v) is 4.57. The molecule has 2 N–H and O–H groups in total. The molecule has 0 fully saturated rings. The van der Waals surface area contributed by atoms with E-state index < -0.39 is 9.84 Å². The molecule has 0 unspecified atom stereocenters. The van der Waals surface area contributed by atoms with Gasteiger partial charge in [-0.05, 0) is 35.7 Å². The van der Waals surface area contributed by atoms with Crippen LogP contribution in [0.1, 0.15) is 34.0 Å². The number of hydrogen-bond donors (Lipinski definition) is 2. The van der Waals surface area contributed by atoms with Crippen LogP contribution in [0.3, 0.4) is 0 Å². The predicted octanol–water partition coefficient (Wildman–Crippen LogP) is 2.43. The third-order valence-electron chi connectivity index (χ3n) is 3.72. The maximum atomic E-state index is 12.3. The van der Waals surface area contributed by atoms with E-state index in [0.29, 0.717) is 23.4 Å². The van der Waals surface area contributed by atoms with Gasteiger partial charge in [0.2, 0.25) is 5.91 Å². The highest BCUT2D eigenvalue weighted by atomic mass is 32.2. The van der Waals surface area contributed by atoms with Gasteiger partial charge in [-0.25, -0.2) is 8.42 Å². The van der Waals surface area contributed by atoms with Gasteiger partial charge < -0.3 is 10.6 Å². The fraction of sp³-hybridized carbons (Fsp3) is 0.263. The van der Waals surface area contributed by atoms with Crippen LogP contribution in [0.2, 0.25) is 0 Å². The van der Waals surface area contributed by atoms with Gasteiger partial charge in [-0.15, -0.1) is 0 Å². The van der Waals surface area contributed by atoms with Gasteiger partial charge in [-0.3, -0.25) is 9.59 Å². The minimum Gasteiger partial charge on any atom is -0.348 e. The lowest BCUT2D eigenvalue weighted by Gasteiger charge is -2.10. The molecule has 0 heterocycles. The largest absolute Gasteiger partial charge is 0.348 e. The van der Waals surface area contributed by atoms with Crippen molar-refractivity contribution in [2.75, 3.05) is 11.6 Å². The summed E-state index contributed by atoms with van der Waals surface area (Å²) in [7, 11) is -3.07. The molecule has 2 amide bonds. The summed E-state index contributed by atoms with van der Waals surface area (Å²) in [6.45, 7) is 3.59. The van der Waals surface area contributed by atoms with E-state index in [9.17, 15) is 18.0 Å². The molecule has 0 aliphatic heterocycles. The van der Waals surface area contributed by atoms with E-state index in [4.69, 9.17) is 0 Å². The van der Waals surface area contributed by atoms with E-state index in [-0.39, 0.29) is 17.6 Å². The van der Waals surface area contributed by atoms with Gasteiger partial charge in [0, 0.05) is 31.0 Å². The minimum absolute atomic E-state index is 0.00503. The van der Waals surface area contributed by atoms with Crippen molar-refractivity contribution in [3.05, 3.63) is 64.7 Å². The molecule has 0 aliphatic rings. The standard InChI is InChI=1S/C19H22N2O4S/c1-13-4-9-17(10-18(13)21-14(2)22)19(23)20-11-15-5-7-16(8-6-15)12-26(3,24)25/h4-10H,11-12H2,1-3H3,(H,20,23)(H,21,22). The number of benzene rings is 2. The van der Waals surface area contributed by atoms with Crippen LogP contribution in [0.25, 0.3) is 0 Å². The van der Waals surface area contributed by atoms with E-state index in [1.165, 1.54) is 13.2 Å². The number of nitrogens with one attached hydrogen (secondary N) is 2. The second-order valence-electron chi connectivity index (χ2n) is 6.28. The smallest absolute Gasteiger partial charge is 0.251 e. The Morgan fingerprint density at radius 3 is 2.19 bits per heavy atom. The summed E-state index contributed by atoms with van der Waals surface area (Å²) in [5, 5.41) is 5.51. The first-order chi connectivity index (χ1) is 12.1. The summed E-state index contributed by atoms with van der Waals surface area (Å²) >= 11 is 0. The van der Waals surface area contributed by atoms with Crippen molar-refractivity contribution in [3.8, 4) is 0 Å². The molecule has 0 radical (unpaired) electrons. The molecule has 2 aromatic carbocycles. The minimum atomic E-state index is -3.07. The number of carbonyl (C=O) groups excluding carboxylic acids is 2. The van der Waals surface area contributed by atoms with Crippen LogP contribution < -0.4 is 10.6 Å². The summed E-state index contributed by atoms with van der Waals surface area (Å²) in [5.41, 5.74) is 3.51. The normalized spacial score (nSPS) is 11.0. The Bertz CT molecular complexity index is 919. The zero-order chi connectivity index (χ0) is 19.3. The van der Waals surface area contributed by atoms with Crippen molar-refractivity contribution in [1.82, 2.24) is 5.32 Å². The summed E-state index contributed by atoms with van der Waals surface area (Å²) in [4.78, 5) is 23.5. The van der Waals surface area contributed by atoms with Crippen molar-refractivity contribution in [1.29, 1.82) is 0 Å². The van der Waals surface area contributed by atoms with Crippen LogP contribution >= 0.6 is 0 Å². The average Bonchev–Trinajstić information content (AvgIpc) is 2.54. The molecule has 0 atom stereocenters. The molecular formula is C19H22N2O4S.